The first kappa shape index (κ1) is 15.2. The predicted octanol–water partition coefficient (Wildman–Crippen LogP) is 2.16. The Morgan fingerprint density at radius 2 is 1.40 bits per heavy atom. The van der Waals surface area contributed by atoms with Crippen LogP contribution >= 0.6 is 12.6 Å². The van der Waals surface area contributed by atoms with Gasteiger partial charge in [0.2, 0.25) is 0 Å². The Morgan fingerprint density at radius 3 is 2.07 bits per heavy atom. The van der Waals surface area contributed by atoms with Crippen LogP contribution in [0.3, 0.4) is 0 Å². The predicted molar refractivity (Wildman–Crippen MR) is 65.8 cm³/mol. The van der Waals surface area contributed by atoms with Crippen molar-refractivity contribution in [3.8, 4) is 0 Å². The van der Waals surface area contributed by atoms with Crippen molar-refractivity contribution in [2.24, 2.45) is 0 Å². The fourth-order valence-electron chi connectivity index (χ4n) is 1.10. The average molecular weight is 236 g/mol. The number of methoxy groups -OCH3 is 1. The van der Waals surface area contributed by atoms with Crippen molar-refractivity contribution < 1.29 is 14.2 Å². The lowest BCUT2D eigenvalue weighted by atomic mass is 10.3. The second-order valence-electron chi connectivity index (χ2n) is 3.36. The number of rotatable bonds is 12. The molecule has 0 aromatic heterocycles. The quantitative estimate of drug-likeness (QED) is 0.416. The molecule has 0 heterocycles. The molecule has 0 aromatic rings. The average Bonchev–Trinajstić information content (AvgIpc) is 2.26. The van der Waals surface area contributed by atoms with Crippen molar-refractivity contribution in [2.75, 3.05) is 45.9 Å². The first-order chi connectivity index (χ1) is 7.41. The van der Waals surface area contributed by atoms with Crippen LogP contribution < -0.4 is 0 Å². The van der Waals surface area contributed by atoms with E-state index in [1.807, 2.05) is 0 Å². The molecule has 15 heavy (non-hydrogen) atoms. The van der Waals surface area contributed by atoms with Gasteiger partial charge in [0.15, 0.2) is 0 Å². The Morgan fingerprint density at radius 1 is 0.733 bits per heavy atom. The molecule has 0 fully saturated rings. The Labute approximate surface area is 98.9 Å². The Hall–Kier alpha value is 0.230. The number of hydrogen-bond donors (Lipinski definition) is 1. The molecular weight excluding hydrogens is 212 g/mol. The zero-order valence-electron chi connectivity index (χ0n) is 9.74. The fraction of sp³-hybridized carbons (Fsp3) is 1.00. The summed E-state index contributed by atoms with van der Waals surface area (Å²) in [6, 6.07) is 0. The standard InChI is InChI=1S/C11H24O3S/c1-12-9-10-14-8-5-7-13-6-3-2-4-11-15/h15H,2-11H2,1H3. The van der Waals surface area contributed by atoms with E-state index in [1.165, 1.54) is 12.8 Å². The van der Waals surface area contributed by atoms with Gasteiger partial charge in [-0.15, -0.1) is 0 Å². The molecule has 0 amide bonds. The van der Waals surface area contributed by atoms with Crippen molar-refractivity contribution in [1.29, 1.82) is 0 Å². The molecule has 0 saturated heterocycles. The molecular formula is C11H24O3S. The Balaban J connectivity index is 2.81. The highest BCUT2D eigenvalue weighted by Crippen LogP contribution is 1.97. The summed E-state index contributed by atoms with van der Waals surface area (Å²) < 4.78 is 15.6. The maximum Gasteiger partial charge on any atom is 0.0700 e. The van der Waals surface area contributed by atoms with Gasteiger partial charge in [-0.05, 0) is 25.0 Å². The van der Waals surface area contributed by atoms with Crippen LogP contribution in [0.5, 0.6) is 0 Å². The van der Waals surface area contributed by atoms with E-state index in [-0.39, 0.29) is 0 Å². The van der Waals surface area contributed by atoms with Crippen molar-refractivity contribution in [3.05, 3.63) is 0 Å². The molecule has 0 atom stereocenters. The molecule has 0 unspecified atom stereocenters. The maximum absolute atomic E-state index is 5.45. The molecule has 0 aromatic carbocycles. The minimum Gasteiger partial charge on any atom is -0.382 e. The van der Waals surface area contributed by atoms with E-state index < -0.39 is 0 Å². The summed E-state index contributed by atoms with van der Waals surface area (Å²) in [4.78, 5) is 0. The number of unbranched alkanes of at least 4 members (excludes halogenated alkanes) is 2. The topological polar surface area (TPSA) is 27.7 Å². The van der Waals surface area contributed by atoms with E-state index in [4.69, 9.17) is 14.2 Å². The first-order valence-electron chi connectivity index (χ1n) is 5.67. The molecule has 0 N–H and O–H groups in total. The third-order valence-electron chi connectivity index (χ3n) is 1.96. The van der Waals surface area contributed by atoms with E-state index in [0.29, 0.717) is 13.2 Å². The lowest BCUT2D eigenvalue weighted by Gasteiger charge is -2.05. The van der Waals surface area contributed by atoms with Gasteiger partial charge in [0.05, 0.1) is 13.2 Å². The summed E-state index contributed by atoms with van der Waals surface area (Å²) in [5.41, 5.74) is 0. The van der Waals surface area contributed by atoms with E-state index in [9.17, 15) is 0 Å². The lowest BCUT2D eigenvalue weighted by Crippen LogP contribution is -2.06. The summed E-state index contributed by atoms with van der Waals surface area (Å²) in [5, 5.41) is 0. The second kappa shape index (κ2) is 14.2. The van der Waals surface area contributed by atoms with Gasteiger partial charge in [0.25, 0.3) is 0 Å². The summed E-state index contributed by atoms with van der Waals surface area (Å²) in [5.74, 6) is 0.980. The zero-order valence-corrected chi connectivity index (χ0v) is 10.6. The van der Waals surface area contributed by atoms with E-state index in [0.717, 1.165) is 38.4 Å². The molecule has 92 valence electrons. The van der Waals surface area contributed by atoms with Gasteiger partial charge in [-0.25, -0.2) is 0 Å². The van der Waals surface area contributed by atoms with E-state index >= 15 is 0 Å². The molecule has 4 heteroatoms. The van der Waals surface area contributed by atoms with Crippen molar-refractivity contribution in [3.63, 3.8) is 0 Å². The van der Waals surface area contributed by atoms with Crippen molar-refractivity contribution in [2.45, 2.75) is 25.7 Å². The molecule has 0 rings (SSSR count). The highest BCUT2D eigenvalue weighted by molar-refractivity contribution is 7.80. The summed E-state index contributed by atoms with van der Waals surface area (Å²) in [7, 11) is 1.68. The minimum absolute atomic E-state index is 0.671. The second-order valence-corrected chi connectivity index (χ2v) is 3.80. The van der Waals surface area contributed by atoms with Gasteiger partial charge >= 0.3 is 0 Å². The molecule has 0 aliphatic heterocycles. The normalized spacial score (nSPS) is 10.8. The van der Waals surface area contributed by atoms with Crippen LogP contribution in [-0.2, 0) is 14.2 Å². The molecule has 0 saturated carbocycles. The van der Waals surface area contributed by atoms with E-state index in [2.05, 4.69) is 12.6 Å². The van der Waals surface area contributed by atoms with Crippen molar-refractivity contribution in [1.82, 2.24) is 0 Å². The summed E-state index contributed by atoms with van der Waals surface area (Å²) >= 11 is 4.15. The number of ether oxygens (including phenoxy) is 3. The zero-order chi connectivity index (χ0) is 11.2. The highest BCUT2D eigenvalue weighted by Gasteiger charge is 1.91. The van der Waals surface area contributed by atoms with Crippen LogP contribution in [0.2, 0.25) is 0 Å². The maximum atomic E-state index is 5.45. The fourth-order valence-corrected chi connectivity index (χ4v) is 1.33. The SMILES string of the molecule is COCCOCCCOCCCCCS. The van der Waals surface area contributed by atoms with Gasteiger partial charge < -0.3 is 14.2 Å². The number of thiol groups is 1. The lowest BCUT2D eigenvalue weighted by molar-refractivity contribution is 0.0509. The van der Waals surface area contributed by atoms with Crippen LogP contribution in [0.25, 0.3) is 0 Å². The van der Waals surface area contributed by atoms with Crippen LogP contribution in [0.15, 0.2) is 0 Å². The Kier molecular flexibility index (Phi) is 14.4. The smallest absolute Gasteiger partial charge is 0.0700 e. The highest BCUT2D eigenvalue weighted by atomic mass is 32.1. The monoisotopic (exact) mass is 236 g/mol. The van der Waals surface area contributed by atoms with Crippen LogP contribution in [0, 0.1) is 0 Å². The number of hydrogen-bond acceptors (Lipinski definition) is 4. The molecule has 0 spiro atoms. The van der Waals surface area contributed by atoms with Crippen LogP contribution in [0.1, 0.15) is 25.7 Å². The Bertz CT molecular complexity index is 100. The first-order valence-corrected chi connectivity index (χ1v) is 6.30. The van der Waals surface area contributed by atoms with Crippen molar-refractivity contribution >= 4 is 12.6 Å². The van der Waals surface area contributed by atoms with E-state index in [1.54, 1.807) is 7.11 Å². The van der Waals surface area contributed by atoms with Gasteiger partial charge in [0, 0.05) is 26.9 Å². The van der Waals surface area contributed by atoms with Gasteiger partial charge in [-0.2, -0.15) is 12.6 Å². The van der Waals surface area contributed by atoms with Gasteiger partial charge in [-0.3, -0.25) is 0 Å². The molecule has 0 aliphatic rings. The molecule has 0 aliphatic carbocycles. The summed E-state index contributed by atoms with van der Waals surface area (Å²) in [6.07, 6.45) is 4.52. The summed E-state index contributed by atoms with van der Waals surface area (Å²) in [6.45, 7) is 3.78. The molecule has 0 radical (unpaired) electrons. The van der Waals surface area contributed by atoms with Gasteiger partial charge in [0.1, 0.15) is 0 Å². The minimum atomic E-state index is 0.671. The largest absolute Gasteiger partial charge is 0.382 e. The third kappa shape index (κ3) is 14.2. The molecule has 0 bridgehead atoms. The molecule has 3 nitrogen and oxygen atoms in total. The van der Waals surface area contributed by atoms with Crippen LogP contribution in [-0.4, -0.2) is 45.9 Å². The van der Waals surface area contributed by atoms with Gasteiger partial charge in [-0.1, -0.05) is 6.42 Å². The third-order valence-corrected chi connectivity index (χ3v) is 2.27. The van der Waals surface area contributed by atoms with Crippen LogP contribution in [0.4, 0.5) is 0 Å².